The van der Waals surface area contributed by atoms with Crippen molar-refractivity contribution in [3.05, 3.63) is 45.8 Å². The van der Waals surface area contributed by atoms with Crippen molar-refractivity contribution in [2.45, 2.75) is 94.5 Å². The third-order valence-electron chi connectivity index (χ3n) is 7.64. The van der Waals surface area contributed by atoms with Gasteiger partial charge in [0.15, 0.2) is 21.6 Å². The lowest BCUT2D eigenvalue weighted by molar-refractivity contribution is -0.0493. The zero-order valence-electron chi connectivity index (χ0n) is 21.8. The Morgan fingerprint density at radius 2 is 1.73 bits per heavy atom. The summed E-state index contributed by atoms with van der Waals surface area (Å²) in [5.41, 5.74) is -2.17. The Morgan fingerprint density at radius 1 is 1.18 bits per heavy atom. The molecule has 0 spiro atoms. The monoisotopic (exact) mass is 516 g/mol. The normalized spacial score (nSPS) is 27.1. The fourth-order valence-corrected chi connectivity index (χ4v) is 6.03. The number of aromatic nitrogens is 2. The third-order valence-corrected chi connectivity index (χ3v) is 17.0. The van der Waals surface area contributed by atoms with E-state index in [4.69, 9.17) is 25.2 Å². The lowest BCUT2D eigenvalue weighted by Gasteiger charge is -2.46. The summed E-state index contributed by atoms with van der Waals surface area (Å²) < 4.78 is 21.0. The first-order chi connectivity index (χ1) is 14.7. The smallest absolute Gasteiger partial charge is 0.329 e. The highest BCUT2D eigenvalue weighted by atomic mass is 35.5. The van der Waals surface area contributed by atoms with E-state index in [1.165, 1.54) is 16.8 Å². The number of alkyl halides is 1. The average Bonchev–Trinajstić information content (AvgIpc) is 2.91. The number of nitrogens with zero attached hydrogens (tertiary/aromatic N) is 1. The standard InChI is InChI=1S/C23H41ClN2O5Si2/c1-12-22(15-30-32(8,9)20(2,3)4)18(31-33(10,11)21(5,6)7)23(24,16-29-22)26-14-13-17(27)25-19(26)28/h12-14,18H,1,15-16H2,2-11H3,(H,25,27,28)/t18?,22-,23+/m1/s1. The van der Waals surface area contributed by atoms with Crippen LogP contribution in [0, 0.1) is 0 Å². The van der Waals surface area contributed by atoms with Crippen LogP contribution in [0.5, 0.6) is 0 Å². The van der Waals surface area contributed by atoms with Crippen LogP contribution in [-0.2, 0) is 18.6 Å². The Hall–Kier alpha value is -0.976. The number of ether oxygens (including phenoxy) is 1. The Bertz CT molecular complexity index is 992. The molecule has 10 heteroatoms. The van der Waals surface area contributed by atoms with E-state index in [0.717, 1.165) is 0 Å². The van der Waals surface area contributed by atoms with Gasteiger partial charge in [-0.2, -0.15) is 0 Å². The summed E-state index contributed by atoms with van der Waals surface area (Å²) in [6, 6.07) is 1.27. The topological polar surface area (TPSA) is 82.5 Å². The van der Waals surface area contributed by atoms with Gasteiger partial charge >= 0.3 is 5.69 Å². The van der Waals surface area contributed by atoms with Crippen molar-refractivity contribution in [3.63, 3.8) is 0 Å². The van der Waals surface area contributed by atoms with Gasteiger partial charge in [-0.15, -0.1) is 6.58 Å². The number of hydrogen-bond donors (Lipinski definition) is 1. The molecule has 1 aromatic rings. The van der Waals surface area contributed by atoms with E-state index in [0.29, 0.717) is 0 Å². The molecule has 7 nitrogen and oxygen atoms in total. The molecule has 0 amide bonds. The van der Waals surface area contributed by atoms with Crippen molar-refractivity contribution in [1.82, 2.24) is 9.55 Å². The summed E-state index contributed by atoms with van der Waals surface area (Å²) in [6.07, 6.45) is 2.32. The van der Waals surface area contributed by atoms with Crippen LogP contribution in [0.1, 0.15) is 41.5 Å². The summed E-state index contributed by atoms with van der Waals surface area (Å²) in [4.78, 5) is 25.4. The molecule has 1 N–H and O–H groups in total. The molecule has 1 saturated heterocycles. The SMILES string of the molecule is C=C[C@]1(CO[Si](C)(C)C(C)(C)C)OC[C@](Cl)(n2ccc(=O)[nH]c2=O)C1O[Si](C)(C)C(C)(C)C. The predicted molar refractivity (Wildman–Crippen MR) is 139 cm³/mol. The Balaban J connectivity index is 2.63. The number of halogens is 1. The molecule has 188 valence electrons. The quantitative estimate of drug-likeness (QED) is 0.320. The van der Waals surface area contributed by atoms with E-state index in [9.17, 15) is 9.59 Å². The molecule has 0 radical (unpaired) electrons. The van der Waals surface area contributed by atoms with Gasteiger partial charge < -0.3 is 13.6 Å². The summed E-state index contributed by atoms with van der Waals surface area (Å²) in [5, 5.41) is -0.117. The largest absolute Gasteiger partial charge is 0.413 e. The van der Waals surface area contributed by atoms with E-state index in [2.05, 4.69) is 79.3 Å². The van der Waals surface area contributed by atoms with Crippen LogP contribution >= 0.6 is 11.6 Å². The highest BCUT2D eigenvalue weighted by Gasteiger charge is 2.62. The van der Waals surface area contributed by atoms with E-state index in [-0.39, 0.29) is 23.3 Å². The van der Waals surface area contributed by atoms with E-state index in [1.807, 2.05) is 0 Å². The van der Waals surface area contributed by atoms with Gasteiger partial charge in [0.1, 0.15) is 11.7 Å². The lowest BCUT2D eigenvalue weighted by atomic mass is 9.94. The van der Waals surface area contributed by atoms with Crippen molar-refractivity contribution >= 4 is 28.2 Å². The molecule has 0 aliphatic carbocycles. The second kappa shape index (κ2) is 8.91. The molecule has 0 aromatic carbocycles. The first kappa shape index (κ1) is 28.3. The second-order valence-electron chi connectivity index (χ2n) is 12.1. The van der Waals surface area contributed by atoms with Crippen LogP contribution in [-0.4, -0.2) is 51.1 Å². The fourth-order valence-electron chi connectivity index (χ4n) is 3.18. The first-order valence-corrected chi connectivity index (χ1v) is 17.5. The third kappa shape index (κ3) is 5.33. The highest BCUT2D eigenvalue weighted by molar-refractivity contribution is 6.74. The Labute approximate surface area is 204 Å². The van der Waals surface area contributed by atoms with Crippen molar-refractivity contribution in [2.24, 2.45) is 0 Å². The van der Waals surface area contributed by atoms with Gasteiger partial charge in [-0.3, -0.25) is 14.3 Å². The van der Waals surface area contributed by atoms with Gasteiger partial charge in [0.2, 0.25) is 0 Å². The molecule has 1 aromatic heterocycles. The van der Waals surface area contributed by atoms with Crippen LogP contribution in [0.15, 0.2) is 34.5 Å². The minimum absolute atomic E-state index is 0.00232. The zero-order chi connectivity index (χ0) is 25.7. The number of rotatable bonds is 7. The van der Waals surface area contributed by atoms with Crippen LogP contribution in [0.2, 0.25) is 36.3 Å². The van der Waals surface area contributed by atoms with Gasteiger partial charge in [0, 0.05) is 12.3 Å². The van der Waals surface area contributed by atoms with Crippen LogP contribution in [0.25, 0.3) is 0 Å². The molecule has 33 heavy (non-hydrogen) atoms. The molecular formula is C23H41ClN2O5Si2. The molecule has 0 saturated carbocycles. The molecule has 1 aliphatic rings. The van der Waals surface area contributed by atoms with Gasteiger partial charge in [0.05, 0.1) is 13.2 Å². The molecule has 2 rings (SSSR count). The van der Waals surface area contributed by atoms with Crippen molar-refractivity contribution < 1.29 is 13.6 Å². The molecule has 3 atom stereocenters. The maximum atomic E-state index is 12.8. The van der Waals surface area contributed by atoms with E-state index < -0.39 is 44.6 Å². The van der Waals surface area contributed by atoms with E-state index >= 15 is 0 Å². The Morgan fingerprint density at radius 3 is 2.18 bits per heavy atom. The van der Waals surface area contributed by atoms with Crippen molar-refractivity contribution in [3.8, 4) is 0 Å². The molecule has 1 fully saturated rings. The number of H-pyrrole nitrogens is 1. The first-order valence-electron chi connectivity index (χ1n) is 11.3. The highest BCUT2D eigenvalue weighted by Crippen LogP contribution is 2.49. The van der Waals surface area contributed by atoms with Gasteiger partial charge in [0.25, 0.3) is 5.56 Å². The fraction of sp³-hybridized carbons (Fsp3) is 0.739. The minimum atomic E-state index is -2.38. The van der Waals surface area contributed by atoms with Crippen LogP contribution < -0.4 is 11.2 Å². The molecule has 2 heterocycles. The van der Waals surface area contributed by atoms with Crippen molar-refractivity contribution in [1.29, 1.82) is 0 Å². The van der Waals surface area contributed by atoms with Crippen LogP contribution in [0.4, 0.5) is 0 Å². The lowest BCUT2D eigenvalue weighted by Crippen LogP contribution is -2.60. The molecule has 1 unspecified atom stereocenters. The number of hydrogen-bond acceptors (Lipinski definition) is 5. The molecule has 1 aliphatic heterocycles. The van der Waals surface area contributed by atoms with Gasteiger partial charge in [-0.05, 0) is 36.3 Å². The molecule has 0 bridgehead atoms. The number of aromatic amines is 1. The van der Waals surface area contributed by atoms with Gasteiger partial charge in [-0.25, -0.2) is 4.79 Å². The number of nitrogens with one attached hydrogen (secondary N) is 1. The summed E-state index contributed by atoms with van der Waals surface area (Å²) in [6.45, 7) is 25.8. The predicted octanol–water partition coefficient (Wildman–Crippen LogP) is 4.80. The van der Waals surface area contributed by atoms with Crippen LogP contribution in [0.3, 0.4) is 0 Å². The second-order valence-corrected chi connectivity index (χ2v) is 22.3. The molecular weight excluding hydrogens is 476 g/mol. The van der Waals surface area contributed by atoms with Gasteiger partial charge in [-0.1, -0.05) is 59.2 Å². The van der Waals surface area contributed by atoms with E-state index in [1.54, 1.807) is 6.08 Å². The Kier molecular flexibility index (Phi) is 7.63. The maximum Gasteiger partial charge on any atom is 0.329 e. The summed E-state index contributed by atoms with van der Waals surface area (Å²) in [5.74, 6) is 0. The summed E-state index contributed by atoms with van der Waals surface area (Å²) in [7, 11) is -4.52. The summed E-state index contributed by atoms with van der Waals surface area (Å²) >= 11 is 7.20. The average molecular weight is 517 g/mol. The zero-order valence-corrected chi connectivity index (χ0v) is 24.6. The maximum absolute atomic E-state index is 12.8. The minimum Gasteiger partial charge on any atom is -0.413 e. The van der Waals surface area contributed by atoms with Crippen molar-refractivity contribution in [2.75, 3.05) is 13.2 Å².